The number of hydrogen-bond donors (Lipinski definition) is 1. The summed E-state index contributed by atoms with van der Waals surface area (Å²) < 4.78 is 38.6. The van der Waals surface area contributed by atoms with Crippen LogP contribution in [0.2, 0.25) is 0 Å². The van der Waals surface area contributed by atoms with Gasteiger partial charge >= 0.3 is 0 Å². The number of hydrogen-bond acceptors (Lipinski definition) is 3. The molecule has 1 N–H and O–H groups in total. The number of fused-ring (bicyclic) bond motifs is 1. The number of aromatic amines is 1. The van der Waals surface area contributed by atoms with Crippen LogP contribution in [0, 0.1) is 12.7 Å². The van der Waals surface area contributed by atoms with Gasteiger partial charge in [-0.05, 0) is 59.9 Å². The molecule has 0 radical (unpaired) electrons. The fourth-order valence-electron chi connectivity index (χ4n) is 3.52. The lowest BCUT2D eigenvalue weighted by molar-refractivity contribution is 0.445. The Labute approximate surface area is 157 Å². The fraction of sp³-hybridized carbons (Fsp3) is 0.250. The molecule has 5 nitrogen and oxygen atoms in total. The molecule has 0 saturated carbocycles. The normalized spacial score (nSPS) is 15.9. The lowest BCUT2D eigenvalue weighted by Gasteiger charge is -2.23. The van der Waals surface area contributed by atoms with E-state index in [-0.39, 0.29) is 5.82 Å². The SMILES string of the molecule is Cc1ccc(F)cc1-c1ccnc2[nH]c(C3=CCN(S(C)(=O)=O)CC3)cc12. The van der Waals surface area contributed by atoms with Crippen LogP contribution in [0.15, 0.2) is 42.6 Å². The first-order valence-electron chi connectivity index (χ1n) is 8.72. The Morgan fingerprint density at radius 2 is 2.00 bits per heavy atom. The maximum atomic E-state index is 13.8. The molecule has 140 valence electrons. The van der Waals surface area contributed by atoms with E-state index in [1.807, 2.05) is 25.1 Å². The number of halogens is 1. The van der Waals surface area contributed by atoms with Gasteiger partial charge in [-0.15, -0.1) is 0 Å². The van der Waals surface area contributed by atoms with E-state index < -0.39 is 10.0 Å². The van der Waals surface area contributed by atoms with Gasteiger partial charge in [-0.2, -0.15) is 4.31 Å². The molecule has 1 aliphatic heterocycles. The standard InChI is InChI=1S/C20H20FN3O2S/c1-13-3-4-15(21)11-17(13)16-5-8-22-20-18(16)12-19(23-20)14-6-9-24(10-7-14)27(2,25)26/h3-6,8,11-12H,7,9-10H2,1-2H3,(H,22,23). The summed E-state index contributed by atoms with van der Waals surface area (Å²) in [4.78, 5) is 7.73. The van der Waals surface area contributed by atoms with Gasteiger partial charge in [0.25, 0.3) is 0 Å². The molecule has 27 heavy (non-hydrogen) atoms. The Morgan fingerprint density at radius 3 is 2.70 bits per heavy atom. The predicted molar refractivity (Wildman–Crippen MR) is 105 cm³/mol. The van der Waals surface area contributed by atoms with Crippen molar-refractivity contribution in [3.63, 3.8) is 0 Å². The monoisotopic (exact) mass is 385 g/mol. The molecule has 0 aliphatic carbocycles. The van der Waals surface area contributed by atoms with Gasteiger partial charge in [-0.3, -0.25) is 0 Å². The number of rotatable bonds is 3. The van der Waals surface area contributed by atoms with Crippen molar-refractivity contribution in [3.05, 3.63) is 59.7 Å². The van der Waals surface area contributed by atoms with Gasteiger partial charge in [-0.25, -0.2) is 17.8 Å². The summed E-state index contributed by atoms with van der Waals surface area (Å²) in [6.07, 6.45) is 5.51. The summed E-state index contributed by atoms with van der Waals surface area (Å²) in [6, 6.07) is 8.68. The number of nitrogens with one attached hydrogen (secondary N) is 1. The molecule has 7 heteroatoms. The van der Waals surface area contributed by atoms with Crippen LogP contribution in [0.4, 0.5) is 4.39 Å². The Bertz CT molecular complexity index is 1170. The predicted octanol–water partition coefficient (Wildman–Crippen LogP) is 3.73. The topological polar surface area (TPSA) is 66.1 Å². The van der Waals surface area contributed by atoms with Crippen molar-refractivity contribution in [1.29, 1.82) is 0 Å². The highest BCUT2D eigenvalue weighted by molar-refractivity contribution is 7.88. The van der Waals surface area contributed by atoms with E-state index in [2.05, 4.69) is 9.97 Å². The van der Waals surface area contributed by atoms with Gasteiger partial charge in [0.2, 0.25) is 10.0 Å². The molecule has 0 fully saturated rings. The first kappa shape index (κ1) is 17.9. The summed E-state index contributed by atoms with van der Waals surface area (Å²) in [5, 5.41) is 0.924. The van der Waals surface area contributed by atoms with Crippen LogP contribution in [-0.2, 0) is 10.0 Å². The zero-order chi connectivity index (χ0) is 19.2. The van der Waals surface area contributed by atoms with E-state index in [0.29, 0.717) is 19.5 Å². The number of sulfonamides is 1. The minimum atomic E-state index is -3.18. The van der Waals surface area contributed by atoms with Gasteiger partial charge in [0.15, 0.2) is 0 Å². The highest BCUT2D eigenvalue weighted by atomic mass is 32.2. The quantitative estimate of drug-likeness (QED) is 0.747. The summed E-state index contributed by atoms with van der Waals surface area (Å²) in [5.41, 5.74) is 5.48. The average Bonchev–Trinajstić information content (AvgIpc) is 3.07. The summed E-state index contributed by atoms with van der Waals surface area (Å²) in [6.45, 7) is 2.79. The molecule has 2 aromatic heterocycles. The van der Waals surface area contributed by atoms with Gasteiger partial charge < -0.3 is 4.98 Å². The molecule has 1 aliphatic rings. The number of nitrogens with zero attached hydrogens (tertiary/aromatic N) is 2. The third kappa shape index (κ3) is 3.40. The van der Waals surface area contributed by atoms with Crippen molar-refractivity contribution in [2.24, 2.45) is 0 Å². The van der Waals surface area contributed by atoms with Crippen molar-refractivity contribution in [1.82, 2.24) is 14.3 Å². The third-order valence-electron chi connectivity index (χ3n) is 5.01. The van der Waals surface area contributed by atoms with Gasteiger partial charge in [0.1, 0.15) is 11.5 Å². The van der Waals surface area contributed by atoms with Crippen molar-refractivity contribution in [3.8, 4) is 11.1 Å². The number of pyridine rings is 1. The lowest BCUT2D eigenvalue weighted by Crippen LogP contribution is -2.33. The minimum absolute atomic E-state index is 0.271. The lowest BCUT2D eigenvalue weighted by atomic mass is 9.98. The second-order valence-electron chi connectivity index (χ2n) is 6.86. The highest BCUT2D eigenvalue weighted by Crippen LogP contribution is 2.33. The van der Waals surface area contributed by atoms with Crippen LogP contribution < -0.4 is 0 Å². The first-order valence-corrected chi connectivity index (χ1v) is 10.6. The van der Waals surface area contributed by atoms with Crippen LogP contribution in [-0.4, -0.2) is 42.0 Å². The number of benzene rings is 1. The maximum absolute atomic E-state index is 13.8. The van der Waals surface area contributed by atoms with Crippen LogP contribution >= 0.6 is 0 Å². The van der Waals surface area contributed by atoms with E-state index in [1.165, 1.54) is 16.6 Å². The molecular formula is C20H20FN3O2S. The van der Waals surface area contributed by atoms with E-state index in [1.54, 1.807) is 18.3 Å². The van der Waals surface area contributed by atoms with E-state index in [4.69, 9.17) is 0 Å². The van der Waals surface area contributed by atoms with E-state index >= 15 is 0 Å². The number of aryl methyl sites for hydroxylation is 1. The van der Waals surface area contributed by atoms with Crippen LogP contribution in [0.25, 0.3) is 27.7 Å². The second-order valence-corrected chi connectivity index (χ2v) is 8.85. The zero-order valence-corrected chi connectivity index (χ0v) is 16.0. The number of H-pyrrole nitrogens is 1. The second kappa shape index (κ2) is 6.58. The van der Waals surface area contributed by atoms with Gasteiger partial charge in [-0.1, -0.05) is 12.1 Å². The molecule has 3 aromatic rings. The summed E-state index contributed by atoms with van der Waals surface area (Å²) in [5.74, 6) is -0.271. The molecule has 1 aromatic carbocycles. The molecule has 0 spiro atoms. The molecule has 3 heterocycles. The molecule has 0 bridgehead atoms. The zero-order valence-electron chi connectivity index (χ0n) is 15.2. The molecule has 0 amide bonds. The van der Waals surface area contributed by atoms with Gasteiger partial charge in [0, 0.05) is 30.4 Å². The Balaban J connectivity index is 1.76. The van der Waals surface area contributed by atoms with Crippen LogP contribution in [0.1, 0.15) is 17.7 Å². The Kier molecular flexibility index (Phi) is 4.36. The highest BCUT2D eigenvalue weighted by Gasteiger charge is 2.21. The fourth-order valence-corrected chi connectivity index (χ4v) is 4.28. The average molecular weight is 385 g/mol. The molecule has 0 saturated heterocycles. The van der Waals surface area contributed by atoms with Crippen molar-refractivity contribution >= 4 is 26.6 Å². The van der Waals surface area contributed by atoms with Crippen molar-refractivity contribution in [2.75, 3.05) is 19.3 Å². The smallest absolute Gasteiger partial charge is 0.211 e. The van der Waals surface area contributed by atoms with Crippen molar-refractivity contribution in [2.45, 2.75) is 13.3 Å². The number of aromatic nitrogens is 2. The first-order chi connectivity index (χ1) is 12.8. The van der Waals surface area contributed by atoms with Gasteiger partial charge in [0.05, 0.1) is 6.26 Å². The Hall–Kier alpha value is -2.51. The molecule has 0 unspecified atom stereocenters. The van der Waals surface area contributed by atoms with E-state index in [9.17, 15) is 12.8 Å². The molecule has 4 rings (SSSR count). The third-order valence-corrected chi connectivity index (χ3v) is 6.28. The van der Waals surface area contributed by atoms with E-state index in [0.717, 1.165) is 39.0 Å². The van der Waals surface area contributed by atoms with Crippen LogP contribution in [0.5, 0.6) is 0 Å². The Morgan fingerprint density at radius 1 is 1.19 bits per heavy atom. The molecule has 0 atom stereocenters. The summed E-state index contributed by atoms with van der Waals surface area (Å²) in [7, 11) is -3.18. The minimum Gasteiger partial charge on any atom is -0.339 e. The largest absolute Gasteiger partial charge is 0.339 e. The molecular weight excluding hydrogens is 365 g/mol. The van der Waals surface area contributed by atoms with Crippen LogP contribution in [0.3, 0.4) is 0 Å². The van der Waals surface area contributed by atoms with Crippen molar-refractivity contribution < 1.29 is 12.8 Å². The summed E-state index contributed by atoms with van der Waals surface area (Å²) >= 11 is 0. The maximum Gasteiger partial charge on any atom is 0.211 e.